The Labute approximate surface area is 125 Å². The number of hydrogen-bond donors (Lipinski definition) is 2. The Hall–Kier alpha value is -1.81. The average molecular weight is 285 g/mol. The summed E-state index contributed by atoms with van der Waals surface area (Å²) in [5.41, 5.74) is 2.25. The van der Waals surface area contributed by atoms with Crippen LogP contribution in [0.4, 0.5) is 0 Å². The fourth-order valence-corrected chi connectivity index (χ4v) is 2.74. The average Bonchev–Trinajstić information content (AvgIpc) is 3.04. The van der Waals surface area contributed by atoms with Crippen molar-refractivity contribution < 1.29 is 4.74 Å². The summed E-state index contributed by atoms with van der Waals surface area (Å²) in [5.74, 6) is 2.61. The monoisotopic (exact) mass is 285 g/mol. The van der Waals surface area contributed by atoms with Crippen LogP contribution >= 0.6 is 0 Å². The predicted octanol–water partition coefficient (Wildman–Crippen LogP) is 3.33. The van der Waals surface area contributed by atoms with E-state index in [4.69, 9.17) is 4.74 Å². The first-order chi connectivity index (χ1) is 10.4. The van der Waals surface area contributed by atoms with Crippen molar-refractivity contribution in [2.75, 3.05) is 19.7 Å². The van der Waals surface area contributed by atoms with Crippen LogP contribution in [0.2, 0.25) is 0 Å². The molecule has 0 spiro atoms. The van der Waals surface area contributed by atoms with E-state index >= 15 is 0 Å². The molecule has 21 heavy (non-hydrogen) atoms. The van der Waals surface area contributed by atoms with Crippen LogP contribution in [-0.2, 0) is 0 Å². The Morgan fingerprint density at radius 2 is 1.95 bits per heavy atom. The molecule has 1 aliphatic heterocycles. The lowest BCUT2D eigenvalue weighted by Gasteiger charge is -2.20. The molecular formula is C17H23N3O. The van der Waals surface area contributed by atoms with Crippen LogP contribution in [-0.4, -0.2) is 29.7 Å². The van der Waals surface area contributed by atoms with Crippen molar-refractivity contribution in [1.82, 2.24) is 15.3 Å². The predicted molar refractivity (Wildman–Crippen MR) is 84.7 cm³/mol. The van der Waals surface area contributed by atoms with Crippen molar-refractivity contribution in [2.24, 2.45) is 0 Å². The van der Waals surface area contributed by atoms with Gasteiger partial charge in [0.05, 0.1) is 18.5 Å². The van der Waals surface area contributed by atoms with Gasteiger partial charge in [-0.2, -0.15) is 0 Å². The SMILES string of the molecule is CCCOc1ccc(-c2cnc(C3CCNCC3)[nH]2)cc1. The quantitative estimate of drug-likeness (QED) is 0.886. The van der Waals surface area contributed by atoms with Gasteiger partial charge in [-0.3, -0.25) is 0 Å². The van der Waals surface area contributed by atoms with Crippen molar-refractivity contribution in [3.8, 4) is 17.0 Å². The fraction of sp³-hybridized carbons (Fsp3) is 0.471. The lowest BCUT2D eigenvalue weighted by atomic mass is 9.98. The maximum atomic E-state index is 5.61. The van der Waals surface area contributed by atoms with E-state index in [1.165, 1.54) is 0 Å². The first kappa shape index (κ1) is 14.1. The van der Waals surface area contributed by atoms with Gasteiger partial charge >= 0.3 is 0 Å². The Balaban J connectivity index is 1.70. The number of aromatic nitrogens is 2. The zero-order valence-electron chi connectivity index (χ0n) is 12.6. The topological polar surface area (TPSA) is 49.9 Å². The highest BCUT2D eigenvalue weighted by molar-refractivity contribution is 5.59. The molecule has 0 atom stereocenters. The number of nitrogens with zero attached hydrogens (tertiary/aromatic N) is 1. The minimum absolute atomic E-state index is 0.562. The Bertz CT molecular complexity index is 556. The molecule has 4 nitrogen and oxygen atoms in total. The summed E-state index contributed by atoms with van der Waals surface area (Å²) in [6.45, 7) is 5.05. The number of piperidine rings is 1. The molecule has 2 heterocycles. The first-order valence-corrected chi connectivity index (χ1v) is 7.85. The maximum Gasteiger partial charge on any atom is 0.119 e. The largest absolute Gasteiger partial charge is 0.494 e. The summed E-state index contributed by atoms with van der Waals surface area (Å²) < 4.78 is 5.61. The first-order valence-electron chi connectivity index (χ1n) is 7.85. The van der Waals surface area contributed by atoms with Gasteiger partial charge in [0.15, 0.2) is 0 Å². The van der Waals surface area contributed by atoms with Gasteiger partial charge in [-0.25, -0.2) is 4.98 Å². The number of benzene rings is 1. The Kier molecular flexibility index (Phi) is 4.55. The van der Waals surface area contributed by atoms with Crippen LogP contribution in [0.1, 0.15) is 37.9 Å². The number of aromatic amines is 1. The number of imidazole rings is 1. The minimum atomic E-state index is 0.562. The van der Waals surface area contributed by atoms with Crippen molar-refractivity contribution in [3.05, 3.63) is 36.3 Å². The number of ether oxygens (including phenoxy) is 1. The third kappa shape index (κ3) is 3.45. The zero-order valence-corrected chi connectivity index (χ0v) is 12.6. The molecule has 0 radical (unpaired) electrons. The van der Waals surface area contributed by atoms with Gasteiger partial charge in [0.1, 0.15) is 11.6 Å². The number of hydrogen-bond acceptors (Lipinski definition) is 3. The van der Waals surface area contributed by atoms with Crippen LogP contribution in [0.3, 0.4) is 0 Å². The van der Waals surface area contributed by atoms with E-state index in [0.717, 1.165) is 61.8 Å². The van der Waals surface area contributed by atoms with E-state index in [1.54, 1.807) is 0 Å². The smallest absolute Gasteiger partial charge is 0.119 e. The lowest BCUT2D eigenvalue weighted by Crippen LogP contribution is -2.27. The molecule has 2 aromatic rings. The van der Waals surface area contributed by atoms with Crippen molar-refractivity contribution in [2.45, 2.75) is 32.1 Å². The second-order valence-corrected chi connectivity index (χ2v) is 5.58. The van der Waals surface area contributed by atoms with E-state index in [-0.39, 0.29) is 0 Å². The molecule has 1 fully saturated rings. The maximum absolute atomic E-state index is 5.61. The van der Waals surface area contributed by atoms with Gasteiger partial charge in [-0.1, -0.05) is 6.92 Å². The van der Waals surface area contributed by atoms with Gasteiger partial charge < -0.3 is 15.0 Å². The highest BCUT2D eigenvalue weighted by atomic mass is 16.5. The summed E-state index contributed by atoms with van der Waals surface area (Å²) in [4.78, 5) is 8.06. The summed E-state index contributed by atoms with van der Waals surface area (Å²) in [6.07, 6.45) is 5.30. The molecule has 1 saturated heterocycles. The van der Waals surface area contributed by atoms with Crippen molar-refractivity contribution in [3.63, 3.8) is 0 Å². The van der Waals surface area contributed by atoms with Crippen molar-refractivity contribution >= 4 is 0 Å². The third-order valence-electron chi connectivity index (χ3n) is 3.96. The van der Waals surface area contributed by atoms with E-state index in [0.29, 0.717) is 5.92 Å². The number of H-pyrrole nitrogens is 1. The van der Waals surface area contributed by atoms with Crippen LogP contribution in [0.25, 0.3) is 11.3 Å². The molecule has 0 bridgehead atoms. The van der Waals surface area contributed by atoms with E-state index < -0.39 is 0 Å². The highest BCUT2D eigenvalue weighted by Crippen LogP contribution is 2.26. The standard InChI is InChI=1S/C17H23N3O/c1-2-11-21-15-5-3-13(4-6-15)16-12-19-17(20-16)14-7-9-18-10-8-14/h3-6,12,14,18H,2,7-11H2,1H3,(H,19,20). The summed E-state index contributed by atoms with van der Waals surface area (Å²) in [7, 11) is 0. The molecule has 0 amide bonds. The molecule has 0 unspecified atom stereocenters. The normalized spacial score (nSPS) is 16.0. The second-order valence-electron chi connectivity index (χ2n) is 5.58. The van der Waals surface area contributed by atoms with Gasteiger partial charge in [0.2, 0.25) is 0 Å². The molecular weight excluding hydrogens is 262 g/mol. The summed E-state index contributed by atoms with van der Waals surface area (Å²) in [6, 6.07) is 8.22. The molecule has 112 valence electrons. The summed E-state index contributed by atoms with van der Waals surface area (Å²) >= 11 is 0. The van der Waals surface area contributed by atoms with E-state index in [2.05, 4.69) is 34.3 Å². The highest BCUT2D eigenvalue weighted by Gasteiger charge is 2.18. The van der Waals surface area contributed by atoms with Gasteiger partial charge in [-0.15, -0.1) is 0 Å². The Morgan fingerprint density at radius 1 is 1.19 bits per heavy atom. The molecule has 1 aliphatic rings. The van der Waals surface area contributed by atoms with Gasteiger partial charge in [0, 0.05) is 5.92 Å². The fourth-order valence-electron chi connectivity index (χ4n) is 2.74. The number of rotatable bonds is 5. The van der Waals surface area contributed by atoms with Crippen molar-refractivity contribution in [1.29, 1.82) is 0 Å². The molecule has 3 rings (SSSR count). The zero-order chi connectivity index (χ0) is 14.5. The summed E-state index contributed by atoms with van der Waals surface area (Å²) in [5, 5.41) is 3.39. The Morgan fingerprint density at radius 3 is 2.67 bits per heavy atom. The van der Waals surface area contributed by atoms with E-state index in [9.17, 15) is 0 Å². The van der Waals surface area contributed by atoms with Crippen LogP contribution in [0.15, 0.2) is 30.5 Å². The number of nitrogens with one attached hydrogen (secondary N) is 2. The molecule has 0 saturated carbocycles. The lowest BCUT2D eigenvalue weighted by molar-refractivity contribution is 0.317. The second kappa shape index (κ2) is 6.76. The molecule has 4 heteroatoms. The molecule has 0 aliphatic carbocycles. The molecule has 1 aromatic carbocycles. The molecule has 1 aromatic heterocycles. The van der Waals surface area contributed by atoms with Gasteiger partial charge in [-0.05, 0) is 62.2 Å². The van der Waals surface area contributed by atoms with Crippen LogP contribution in [0.5, 0.6) is 5.75 Å². The van der Waals surface area contributed by atoms with Crippen LogP contribution in [0, 0.1) is 0 Å². The van der Waals surface area contributed by atoms with Gasteiger partial charge in [0.25, 0.3) is 0 Å². The third-order valence-corrected chi connectivity index (χ3v) is 3.96. The van der Waals surface area contributed by atoms with Crippen LogP contribution < -0.4 is 10.1 Å². The minimum Gasteiger partial charge on any atom is -0.494 e. The molecule has 2 N–H and O–H groups in total. The van der Waals surface area contributed by atoms with E-state index in [1.807, 2.05) is 18.3 Å².